The first kappa shape index (κ1) is 10.1. The summed E-state index contributed by atoms with van der Waals surface area (Å²) in [4.78, 5) is 0. The van der Waals surface area contributed by atoms with Crippen LogP contribution in [0.3, 0.4) is 0 Å². The van der Waals surface area contributed by atoms with Gasteiger partial charge in [0.15, 0.2) is 0 Å². The smallest absolute Gasteiger partial charge is 0.131 e. The Morgan fingerprint density at radius 3 is 2.47 bits per heavy atom. The van der Waals surface area contributed by atoms with Gasteiger partial charge in [-0.3, -0.25) is 0 Å². The van der Waals surface area contributed by atoms with Crippen LogP contribution in [0.2, 0.25) is 0 Å². The van der Waals surface area contributed by atoms with Crippen molar-refractivity contribution < 1.29 is 14.2 Å². The summed E-state index contributed by atoms with van der Waals surface area (Å²) in [5.41, 5.74) is 0. The average molecular weight is 211 g/mol. The number of ether oxygens (including phenoxy) is 3. The lowest BCUT2D eigenvalue weighted by molar-refractivity contribution is 0.00272. The summed E-state index contributed by atoms with van der Waals surface area (Å²) in [5, 5.41) is 0. The molecule has 0 bridgehead atoms. The van der Waals surface area contributed by atoms with Crippen LogP contribution >= 0.6 is 0 Å². The molecule has 3 aliphatic rings. The second-order valence-corrected chi connectivity index (χ2v) is 4.70. The first-order valence-corrected chi connectivity index (χ1v) is 6.18. The van der Waals surface area contributed by atoms with Gasteiger partial charge in [-0.2, -0.15) is 0 Å². The molecule has 0 aliphatic carbocycles. The van der Waals surface area contributed by atoms with Gasteiger partial charge in [-0.1, -0.05) is 0 Å². The first-order chi connectivity index (χ1) is 7.45. The normalized spacial score (nSPS) is 42.8. The minimum atomic E-state index is 0.265. The van der Waals surface area contributed by atoms with E-state index in [2.05, 4.69) is 0 Å². The second kappa shape index (κ2) is 4.40. The molecule has 3 heteroatoms. The van der Waals surface area contributed by atoms with Crippen LogP contribution in [0.1, 0.15) is 32.1 Å². The minimum absolute atomic E-state index is 0.265. The molecule has 3 heterocycles. The molecule has 1 radical (unpaired) electrons. The van der Waals surface area contributed by atoms with Gasteiger partial charge in [0.2, 0.25) is 0 Å². The van der Waals surface area contributed by atoms with Crippen LogP contribution in [0.4, 0.5) is 0 Å². The van der Waals surface area contributed by atoms with Crippen LogP contribution in [0, 0.1) is 12.0 Å². The fraction of sp³-hybridized carbons (Fsp3) is 0.917. The number of hydrogen-bond donors (Lipinski definition) is 0. The van der Waals surface area contributed by atoms with E-state index in [4.69, 9.17) is 14.2 Å². The molecular weight excluding hydrogens is 192 g/mol. The SMILES string of the molecule is C1COC([C]2OCCC2C2CCCO2)C1. The molecular formula is C12H19O3. The molecule has 0 saturated carbocycles. The molecule has 85 valence electrons. The van der Waals surface area contributed by atoms with E-state index in [-0.39, 0.29) is 6.10 Å². The fourth-order valence-corrected chi connectivity index (χ4v) is 2.98. The quantitative estimate of drug-likeness (QED) is 0.698. The topological polar surface area (TPSA) is 27.7 Å². The molecule has 0 aromatic rings. The van der Waals surface area contributed by atoms with E-state index in [0.717, 1.165) is 32.7 Å². The van der Waals surface area contributed by atoms with E-state index in [1.54, 1.807) is 0 Å². The number of hydrogen-bond acceptors (Lipinski definition) is 3. The van der Waals surface area contributed by atoms with Gasteiger partial charge >= 0.3 is 0 Å². The summed E-state index contributed by atoms with van der Waals surface area (Å²) in [5.74, 6) is 0.510. The fourth-order valence-electron chi connectivity index (χ4n) is 2.98. The maximum Gasteiger partial charge on any atom is 0.131 e. The van der Waals surface area contributed by atoms with Crippen molar-refractivity contribution in [3.05, 3.63) is 6.10 Å². The van der Waals surface area contributed by atoms with E-state index < -0.39 is 0 Å². The van der Waals surface area contributed by atoms with Crippen LogP contribution in [0.5, 0.6) is 0 Å². The standard InChI is InChI=1S/C12H19O3/c1-3-10(13-6-1)9-5-8-15-12(9)11-4-2-7-14-11/h9-11H,1-8H2. The summed E-state index contributed by atoms with van der Waals surface area (Å²) < 4.78 is 17.3. The zero-order valence-electron chi connectivity index (χ0n) is 9.11. The van der Waals surface area contributed by atoms with Gasteiger partial charge in [0.05, 0.1) is 12.2 Å². The second-order valence-electron chi connectivity index (χ2n) is 4.70. The molecule has 0 spiro atoms. The Hall–Kier alpha value is -0.120. The van der Waals surface area contributed by atoms with Gasteiger partial charge in [-0.15, -0.1) is 0 Å². The van der Waals surface area contributed by atoms with E-state index in [0.29, 0.717) is 12.0 Å². The predicted molar refractivity (Wildman–Crippen MR) is 55.3 cm³/mol. The first-order valence-electron chi connectivity index (χ1n) is 6.18. The average Bonchev–Trinajstić information content (AvgIpc) is 3.01. The lowest BCUT2D eigenvalue weighted by atomic mass is 9.89. The Balaban J connectivity index is 1.65. The summed E-state index contributed by atoms with van der Waals surface area (Å²) in [6.45, 7) is 2.69. The molecule has 3 fully saturated rings. The van der Waals surface area contributed by atoms with Gasteiger partial charge in [-0.25, -0.2) is 0 Å². The Morgan fingerprint density at radius 1 is 0.867 bits per heavy atom. The molecule has 0 N–H and O–H groups in total. The Labute approximate surface area is 91.1 Å². The highest BCUT2D eigenvalue weighted by atomic mass is 16.6. The third-order valence-electron chi connectivity index (χ3n) is 3.72. The Bertz CT molecular complexity index is 185. The van der Waals surface area contributed by atoms with E-state index in [1.165, 1.54) is 25.4 Å². The van der Waals surface area contributed by atoms with Crippen molar-refractivity contribution >= 4 is 0 Å². The Kier molecular flexibility index (Phi) is 2.95. The van der Waals surface area contributed by atoms with Crippen LogP contribution in [-0.4, -0.2) is 32.0 Å². The van der Waals surface area contributed by atoms with Gasteiger partial charge in [-0.05, 0) is 32.1 Å². The zero-order chi connectivity index (χ0) is 10.1. The monoisotopic (exact) mass is 211 g/mol. The van der Waals surface area contributed by atoms with Crippen molar-refractivity contribution in [2.24, 2.45) is 5.92 Å². The molecule has 0 amide bonds. The summed E-state index contributed by atoms with van der Waals surface area (Å²) in [6, 6.07) is 0. The van der Waals surface area contributed by atoms with Crippen LogP contribution < -0.4 is 0 Å². The molecule has 0 aromatic heterocycles. The molecule has 15 heavy (non-hydrogen) atoms. The van der Waals surface area contributed by atoms with Crippen molar-refractivity contribution in [2.75, 3.05) is 19.8 Å². The zero-order valence-corrected chi connectivity index (χ0v) is 9.11. The summed E-state index contributed by atoms with van der Waals surface area (Å²) in [7, 11) is 0. The summed E-state index contributed by atoms with van der Waals surface area (Å²) >= 11 is 0. The van der Waals surface area contributed by atoms with Gasteiger partial charge in [0, 0.05) is 25.7 Å². The molecule has 3 rings (SSSR count). The third kappa shape index (κ3) is 1.93. The number of rotatable bonds is 2. The summed E-state index contributed by atoms with van der Waals surface area (Å²) in [6.07, 6.45) is 7.71. The van der Waals surface area contributed by atoms with Crippen LogP contribution in [0.25, 0.3) is 0 Å². The van der Waals surface area contributed by atoms with E-state index in [1.807, 2.05) is 0 Å². The predicted octanol–water partition coefficient (Wildman–Crippen LogP) is 1.91. The van der Waals surface area contributed by atoms with Gasteiger partial charge in [0.1, 0.15) is 6.10 Å². The molecule has 3 unspecified atom stereocenters. The van der Waals surface area contributed by atoms with Crippen molar-refractivity contribution in [2.45, 2.75) is 44.3 Å². The molecule has 3 saturated heterocycles. The minimum Gasteiger partial charge on any atom is -0.378 e. The largest absolute Gasteiger partial charge is 0.378 e. The van der Waals surface area contributed by atoms with Crippen molar-refractivity contribution in [3.8, 4) is 0 Å². The lowest BCUT2D eigenvalue weighted by Gasteiger charge is -2.26. The molecule has 3 nitrogen and oxygen atoms in total. The van der Waals surface area contributed by atoms with Crippen LogP contribution in [0.15, 0.2) is 0 Å². The lowest BCUT2D eigenvalue weighted by Crippen LogP contribution is -2.30. The molecule has 3 atom stereocenters. The molecule has 0 aromatic carbocycles. The highest BCUT2D eigenvalue weighted by Gasteiger charge is 2.43. The van der Waals surface area contributed by atoms with Crippen molar-refractivity contribution in [1.29, 1.82) is 0 Å². The molecule has 3 aliphatic heterocycles. The van der Waals surface area contributed by atoms with E-state index in [9.17, 15) is 0 Å². The van der Waals surface area contributed by atoms with Crippen molar-refractivity contribution in [3.63, 3.8) is 0 Å². The maximum atomic E-state index is 5.77. The maximum absolute atomic E-state index is 5.77. The van der Waals surface area contributed by atoms with Crippen molar-refractivity contribution in [1.82, 2.24) is 0 Å². The highest BCUT2D eigenvalue weighted by molar-refractivity contribution is 5.03. The van der Waals surface area contributed by atoms with Gasteiger partial charge in [0.25, 0.3) is 0 Å². The van der Waals surface area contributed by atoms with E-state index >= 15 is 0 Å². The Morgan fingerprint density at radius 2 is 1.73 bits per heavy atom. The third-order valence-corrected chi connectivity index (χ3v) is 3.72. The highest BCUT2D eigenvalue weighted by Crippen LogP contribution is 2.40. The van der Waals surface area contributed by atoms with Crippen LogP contribution in [-0.2, 0) is 14.2 Å². The van der Waals surface area contributed by atoms with Gasteiger partial charge < -0.3 is 14.2 Å².